The number of urea groups is 1. The number of benzene rings is 1. The van der Waals surface area contributed by atoms with Crippen molar-refractivity contribution in [3.05, 3.63) is 29.8 Å². The summed E-state index contributed by atoms with van der Waals surface area (Å²) in [7, 11) is -1.57. The normalized spacial score (nSPS) is 24.9. The summed E-state index contributed by atoms with van der Waals surface area (Å²) in [5.41, 5.74) is 1.13. The third-order valence-electron chi connectivity index (χ3n) is 5.65. The van der Waals surface area contributed by atoms with Gasteiger partial charge in [-0.15, -0.1) is 0 Å². The van der Waals surface area contributed by atoms with Crippen molar-refractivity contribution in [2.45, 2.75) is 31.4 Å². The fraction of sp³-hybridized carbons (Fsp3) is 0.632. The molecule has 7 nitrogen and oxygen atoms in total. The van der Waals surface area contributed by atoms with Gasteiger partial charge in [0.2, 0.25) is 10.0 Å². The van der Waals surface area contributed by atoms with Crippen molar-refractivity contribution in [2.75, 3.05) is 39.8 Å². The Morgan fingerprint density at radius 2 is 1.93 bits per heavy atom. The molecule has 0 radical (unpaired) electrons. The average Bonchev–Trinajstić information content (AvgIpc) is 2.80. The number of amides is 2. The zero-order valence-corrected chi connectivity index (χ0v) is 16.9. The second kappa shape index (κ2) is 8.48. The van der Waals surface area contributed by atoms with Crippen LogP contribution in [0.3, 0.4) is 0 Å². The van der Waals surface area contributed by atoms with E-state index in [1.165, 1.54) is 0 Å². The van der Waals surface area contributed by atoms with Crippen LogP contribution in [0.15, 0.2) is 24.3 Å². The fourth-order valence-corrected chi connectivity index (χ4v) is 6.28. The number of nitrogens with one attached hydrogen (secondary N) is 1. The van der Waals surface area contributed by atoms with Crippen LogP contribution < -0.4 is 10.1 Å². The number of sulfonamides is 1. The molecule has 0 aliphatic carbocycles. The maximum Gasteiger partial charge on any atom is 0.317 e. The molecule has 2 saturated heterocycles. The summed E-state index contributed by atoms with van der Waals surface area (Å²) in [6.45, 7) is 4.66. The van der Waals surface area contributed by atoms with Crippen molar-refractivity contribution in [2.24, 2.45) is 5.92 Å². The lowest BCUT2D eigenvalue weighted by atomic mass is 10.0. The van der Waals surface area contributed by atoms with Crippen LogP contribution in [0.5, 0.6) is 5.75 Å². The van der Waals surface area contributed by atoms with Gasteiger partial charge in [-0.25, -0.2) is 17.5 Å². The van der Waals surface area contributed by atoms with Gasteiger partial charge in [-0.3, -0.25) is 0 Å². The Morgan fingerprint density at radius 1 is 1.22 bits per heavy atom. The van der Waals surface area contributed by atoms with Crippen LogP contribution in [0.1, 0.15) is 25.3 Å². The first-order valence-electron chi connectivity index (χ1n) is 9.60. The highest BCUT2D eigenvalue weighted by Gasteiger charge is 2.46. The van der Waals surface area contributed by atoms with E-state index in [0.717, 1.165) is 24.2 Å². The molecule has 0 aromatic heterocycles. The van der Waals surface area contributed by atoms with Gasteiger partial charge in [0.25, 0.3) is 0 Å². The van der Waals surface area contributed by atoms with Crippen LogP contribution in [0.2, 0.25) is 0 Å². The molecule has 27 heavy (non-hydrogen) atoms. The number of likely N-dealkylation sites (tertiary alicyclic amines) is 1. The maximum absolute atomic E-state index is 12.6. The van der Waals surface area contributed by atoms with Gasteiger partial charge in [-0.05, 0) is 42.9 Å². The van der Waals surface area contributed by atoms with Crippen molar-refractivity contribution in [3.8, 4) is 5.75 Å². The molecule has 0 unspecified atom stereocenters. The Labute approximate surface area is 161 Å². The fourth-order valence-electron chi connectivity index (χ4n) is 4.03. The SMILES string of the molecule is CCN1C[C@@H]2CCN(C(=O)NCCc3ccc(OC)cc3)CC[C@@H]2S1(=O)=O. The molecule has 150 valence electrons. The van der Waals surface area contributed by atoms with Crippen LogP contribution in [-0.2, 0) is 16.4 Å². The van der Waals surface area contributed by atoms with E-state index in [1.54, 1.807) is 16.3 Å². The van der Waals surface area contributed by atoms with Crippen molar-refractivity contribution in [3.63, 3.8) is 0 Å². The predicted octanol–water partition coefficient (Wildman–Crippen LogP) is 1.69. The highest BCUT2D eigenvalue weighted by Crippen LogP contribution is 2.33. The topological polar surface area (TPSA) is 79.0 Å². The van der Waals surface area contributed by atoms with Crippen LogP contribution in [0.4, 0.5) is 4.79 Å². The zero-order chi connectivity index (χ0) is 19.4. The number of methoxy groups -OCH3 is 1. The smallest absolute Gasteiger partial charge is 0.317 e. The van der Waals surface area contributed by atoms with Gasteiger partial charge < -0.3 is 15.0 Å². The molecule has 1 N–H and O–H groups in total. The molecule has 0 spiro atoms. The molecule has 1 aromatic rings. The zero-order valence-electron chi connectivity index (χ0n) is 16.1. The van der Waals surface area contributed by atoms with E-state index < -0.39 is 10.0 Å². The van der Waals surface area contributed by atoms with E-state index in [1.807, 2.05) is 31.2 Å². The standard InChI is InChI=1S/C19H29N3O4S/c1-3-22-14-16-9-12-21(13-10-18(16)27(22,24)25)19(23)20-11-8-15-4-6-17(26-2)7-5-15/h4-7,16,18H,3,8-14H2,1-2H3,(H,20,23)/t16-,18-/m0/s1. The number of hydrogen-bond acceptors (Lipinski definition) is 4. The van der Waals surface area contributed by atoms with Gasteiger partial charge in [0, 0.05) is 32.7 Å². The summed E-state index contributed by atoms with van der Waals surface area (Å²) in [6.07, 6.45) is 2.01. The summed E-state index contributed by atoms with van der Waals surface area (Å²) >= 11 is 0. The molecule has 2 heterocycles. The molecule has 2 aliphatic rings. The van der Waals surface area contributed by atoms with Crippen LogP contribution >= 0.6 is 0 Å². The Balaban J connectivity index is 1.49. The highest BCUT2D eigenvalue weighted by atomic mass is 32.2. The van der Waals surface area contributed by atoms with Gasteiger partial charge >= 0.3 is 6.03 Å². The minimum absolute atomic E-state index is 0.103. The van der Waals surface area contributed by atoms with Gasteiger partial charge in [-0.1, -0.05) is 19.1 Å². The molecule has 3 rings (SSSR count). The lowest BCUT2D eigenvalue weighted by Gasteiger charge is -2.22. The number of carbonyl (C=O) groups excluding carboxylic acids is 1. The van der Waals surface area contributed by atoms with Crippen molar-refractivity contribution in [1.29, 1.82) is 0 Å². The van der Waals surface area contributed by atoms with Crippen LogP contribution in [0, 0.1) is 5.92 Å². The van der Waals surface area contributed by atoms with Gasteiger partial charge in [0.1, 0.15) is 5.75 Å². The third kappa shape index (κ3) is 4.38. The minimum Gasteiger partial charge on any atom is -0.497 e. The number of ether oxygens (including phenoxy) is 1. The lowest BCUT2D eigenvalue weighted by Crippen LogP contribution is -2.42. The number of fused-ring (bicyclic) bond motifs is 1. The monoisotopic (exact) mass is 395 g/mol. The molecule has 2 fully saturated rings. The Kier molecular flexibility index (Phi) is 6.26. The summed E-state index contributed by atoms with van der Waals surface area (Å²) in [5.74, 6) is 0.946. The lowest BCUT2D eigenvalue weighted by molar-refractivity contribution is 0.198. The number of hydrogen-bond donors (Lipinski definition) is 1. The van der Waals surface area contributed by atoms with E-state index >= 15 is 0 Å². The Morgan fingerprint density at radius 3 is 2.59 bits per heavy atom. The number of carbonyl (C=O) groups is 1. The molecule has 1 aromatic carbocycles. The quantitative estimate of drug-likeness (QED) is 0.823. The van der Waals surface area contributed by atoms with Crippen molar-refractivity contribution in [1.82, 2.24) is 14.5 Å². The molecule has 8 heteroatoms. The third-order valence-corrected chi connectivity index (χ3v) is 8.16. The van der Waals surface area contributed by atoms with Gasteiger partial charge in [0.15, 0.2) is 0 Å². The second-order valence-corrected chi connectivity index (χ2v) is 9.34. The molecule has 2 amide bonds. The summed E-state index contributed by atoms with van der Waals surface area (Å²) in [6, 6.07) is 7.69. The van der Waals surface area contributed by atoms with E-state index in [9.17, 15) is 13.2 Å². The second-order valence-electron chi connectivity index (χ2n) is 7.19. The van der Waals surface area contributed by atoms with E-state index in [-0.39, 0.29) is 17.2 Å². The molecular weight excluding hydrogens is 366 g/mol. The molecule has 2 atom stereocenters. The first-order chi connectivity index (χ1) is 13.0. The summed E-state index contributed by atoms with van der Waals surface area (Å²) < 4.78 is 31.9. The van der Waals surface area contributed by atoms with Gasteiger partial charge in [0.05, 0.1) is 12.4 Å². The Hall–Kier alpha value is -1.80. The maximum atomic E-state index is 12.6. The summed E-state index contributed by atoms with van der Waals surface area (Å²) in [5, 5.41) is 2.62. The first-order valence-corrected chi connectivity index (χ1v) is 11.1. The minimum atomic E-state index is -3.20. The predicted molar refractivity (Wildman–Crippen MR) is 104 cm³/mol. The number of nitrogens with zero attached hydrogens (tertiary/aromatic N) is 2. The van der Waals surface area contributed by atoms with E-state index in [4.69, 9.17) is 4.74 Å². The first kappa shape index (κ1) is 19.9. The van der Waals surface area contributed by atoms with Crippen molar-refractivity contribution >= 4 is 16.1 Å². The van der Waals surface area contributed by atoms with E-state index in [0.29, 0.717) is 39.1 Å². The summed E-state index contributed by atoms with van der Waals surface area (Å²) in [4.78, 5) is 14.2. The van der Waals surface area contributed by atoms with Gasteiger partial charge in [-0.2, -0.15) is 0 Å². The molecule has 0 bridgehead atoms. The highest BCUT2D eigenvalue weighted by molar-refractivity contribution is 7.90. The van der Waals surface area contributed by atoms with Crippen LogP contribution in [0.25, 0.3) is 0 Å². The van der Waals surface area contributed by atoms with E-state index in [2.05, 4.69) is 5.32 Å². The molecular formula is C19H29N3O4S. The number of rotatable bonds is 5. The Bertz CT molecular complexity index is 751. The van der Waals surface area contributed by atoms with Crippen molar-refractivity contribution < 1.29 is 17.9 Å². The largest absolute Gasteiger partial charge is 0.497 e. The molecule has 2 aliphatic heterocycles. The molecule has 0 saturated carbocycles. The van der Waals surface area contributed by atoms with Crippen LogP contribution in [-0.4, -0.2) is 68.7 Å². The average molecular weight is 396 g/mol.